The Bertz CT molecular complexity index is 706. The van der Waals surface area contributed by atoms with E-state index in [0.29, 0.717) is 6.54 Å². The fourth-order valence-corrected chi connectivity index (χ4v) is 3.68. The second-order valence-corrected chi connectivity index (χ2v) is 7.04. The molecule has 0 saturated carbocycles. The van der Waals surface area contributed by atoms with E-state index in [9.17, 15) is 4.79 Å². The van der Waals surface area contributed by atoms with Gasteiger partial charge in [0.15, 0.2) is 0 Å². The molecule has 0 N–H and O–H groups in total. The van der Waals surface area contributed by atoms with E-state index >= 15 is 0 Å². The second-order valence-electron chi connectivity index (χ2n) is 7.04. The molecule has 130 valence electrons. The number of ether oxygens (including phenoxy) is 1. The Morgan fingerprint density at radius 1 is 1.29 bits per heavy atom. The first-order valence-corrected chi connectivity index (χ1v) is 8.87. The quantitative estimate of drug-likeness (QED) is 0.843. The fraction of sp³-hybridized carbons (Fsp3) is 0.579. The van der Waals surface area contributed by atoms with Crippen LogP contribution >= 0.6 is 0 Å². The van der Waals surface area contributed by atoms with Crippen LogP contribution in [-0.4, -0.2) is 39.0 Å². The van der Waals surface area contributed by atoms with Crippen LogP contribution in [-0.2, 0) is 16.1 Å². The Kier molecular flexibility index (Phi) is 4.90. The van der Waals surface area contributed by atoms with Gasteiger partial charge < -0.3 is 14.2 Å². The first kappa shape index (κ1) is 17.0. The SMILES string of the molecule is CC(C)N(C(=O)Cn1c(C2CCCO2)nc2ccccc21)C(C)C. The van der Waals surface area contributed by atoms with Gasteiger partial charge in [0.05, 0.1) is 11.0 Å². The molecule has 1 atom stereocenters. The summed E-state index contributed by atoms with van der Waals surface area (Å²) in [5.74, 6) is 1.01. The van der Waals surface area contributed by atoms with Gasteiger partial charge in [-0.2, -0.15) is 0 Å². The number of aromatic nitrogens is 2. The van der Waals surface area contributed by atoms with Crippen LogP contribution in [0.25, 0.3) is 11.0 Å². The third kappa shape index (κ3) is 3.18. The average Bonchev–Trinajstić information content (AvgIpc) is 3.14. The number of fused-ring (bicyclic) bond motifs is 1. The maximum absolute atomic E-state index is 12.9. The standard InChI is InChI=1S/C19H27N3O2/c1-13(2)22(14(3)4)18(23)12-21-16-9-6-5-8-15(16)20-19(21)17-10-7-11-24-17/h5-6,8-9,13-14,17H,7,10-12H2,1-4H3. The molecule has 2 heterocycles. The predicted molar refractivity (Wildman–Crippen MR) is 94.8 cm³/mol. The van der Waals surface area contributed by atoms with Gasteiger partial charge in [0.25, 0.3) is 0 Å². The average molecular weight is 329 g/mol. The largest absolute Gasteiger partial charge is 0.370 e. The zero-order valence-corrected chi connectivity index (χ0v) is 15.0. The van der Waals surface area contributed by atoms with E-state index in [1.807, 2.05) is 33.7 Å². The molecular formula is C19H27N3O2. The first-order chi connectivity index (χ1) is 11.5. The summed E-state index contributed by atoms with van der Waals surface area (Å²) in [7, 11) is 0. The summed E-state index contributed by atoms with van der Waals surface area (Å²) in [5.41, 5.74) is 1.93. The molecule has 3 rings (SSSR count). The summed E-state index contributed by atoms with van der Waals surface area (Å²) in [4.78, 5) is 19.6. The van der Waals surface area contributed by atoms with E-state index in [0.717, 1.165) is 36.3 Å². The Balaban J connectivity index is 1.98. The van der Waals surface area contributed by atoms with Gasteiger partial charge in [-0.25, -0.2) is 4.98 Å². The van der Waals surface area contributed by atoms with Crippen LogP contribution in [0.4, 0.5) is 0 Å². The van der Waals surface area contributed by atoms with Crippen LogP contribution in [0.15, 0.2) is 24.3 Å². The van der Waals surface area contributed by atoms with Crippen molar-refractivity contribution in [1.82, 2.24) is 14.5 Å². The predicted octanol–water partition coefficient (Wildman–Crippen LogP) is 3.53. The molecule has 0 radical (unpaired) electrons. The third-order valence-corrected chi connectivity index (χ3v) is 4.60. The highest BCUT2D eigenvalue weighted by Crippen LogP contribution is 2.30. The molecule has 1 aromatic carbocycles. The lowest BCUT2D eigenvalue weighted by Crippen LogP contribution is -2.43. The minimum absolute atomic E-state index is 0.00301. The van der Waals surface area contributed by atoms with Gasteiger partial charge >= 0.3 is 0 Å². The van der Waals surface area contributed by atoms with Gasteiger partial charge in [-0.3, -0.25) is 4.79 Å². The number of hydrogen-bond donors (Lipinski definition) is 0. The molecule has 5 heteroatoms. The molecular weight excluding hydrogens is 302 g/mol. The highest BCUT2D eigenvalue weighted by molar-refractivity contribution is 5.81. The van der Waals surface area contributed by atoms with Gasteiger partial charge in [-0.15, -0.1) is 0 Å². The van der Waals surface area contributed by atoms with Crippen molar-refractivity contribution in [2.24, 2.45) is 0 Å². The van der Waals surface area contributed by atoms with Crippen molar-refractivity contribution < 1.29 is 9.53 Å². The molecule has 5 nitrogen and oxygen atoms in total. The summed E-state index contributed by atoms with van der Waals surface area (Å²) in [6.07, 6.45) is 2.01. The number of carbonyl (C=O) groups is 1. The van der Waals surface area contributed by atoms with Crippen LogP contribution in [0.3, 0.4) is 0 Å². The summed E-state index contributed by atoms with van der Waals surface area (Å²) in [6.45, 7) is 9.32. The Labute approximate surface area is 143 Å². The zero-order valence-electron chi connectivity index (χ0n) is 15.0. The summed E-state index contributed by atoms with van der Waals surface area (Å²) in [6, 6.07) is 8.36. The number of carbonyl (C=O) groups excluding carboxylic acids is 1. The van der Waals surface area contributed by atoms with Crippen LogP contribution in [0, 0.1) is 0 Å². The highest BCUT2D eigenvalue weighted by atomic mass is 16.5. The van der Waals surface area contributed by atoms with Gasteiger partial charge in [-0.05, 0) is 52.7 Å². The molecule has 1 saturated heterocycles. The zero-order chi connectivity index (χ0) is 17.3. The maximum atomic E-state index is 12.9. The maximum Gasteiger partial charge on any atom is 0.243 e. The second kappa shape index (κ2) is 6.93. The van der Waals surface area contributed by atoms with Crippen LogP contribution in [0.1, 0.15) is 52.5 Å². The van der Waals surface area contributed by atoms with E-state index in [1.54, 1.807) is 0 Å². The van der Waals surface area contributed by atoms with Crippen molar-refractivity contribution >= 4 is 16.9 Å². The molecule has 1 aliphatic heterocycles. The van der Waals surface area contributed by atoms with Crippen molar-refractivity contribution in [2.75, 3.05) is 6.61 Å². The lowest BCUT2D eigenvalue weighted by Gasteiger charge is -2.31. The number of rotatable bonds is 5. The van der Waals surface area contributed by atoms with Crippen molar-refractivity contribution in [3.05, 3.63) is 30.1 Å². The molecule has 24 heavy (non-hydrogen) atoms. The Morgan fingerprint density at radius 2 is 2.00 bits per heavy atom. The van der Waals surface area contributed by atoms with E-state index in [4.69, 9.17) is 9.72 Å². The van der Waals surface area contributed by atoms with Crippen LogP contribution in [0.2, 0.25) is 0 Å². The minimum Gasteiger partial charge on any atom is -0.370 e. The summed E-state index contributed by atoms with van der Waals surface area (Å²) < 4.78 is 7.88. The highest BCUT2D eigenvalue weighted by Gasteiger charge is 2.27. The molecule has 1 unspecified atom stereocenters. The fourth-order valence-electron chi connectivity index (χ4n) is 3.68. The topological polar surface area (TPSA) is 47.4 Å². The lowest BCUT2D eigenvalue weighted by molar-refractivity contribution is -0.135. The number of hydrogen-bond acceptors (Lipinski definition) is 3. The molecule has 1 fully saturated rings. The molecule has 1 amide bonds. The molecule has 1 aromatic heterocycles. The Morgan fingerprint density at radius 3 is 2.62 bits per heavy atom. The van der Waals surface area contributed by atoms with Crippen molar-refractivity contribution in [2.45, 2.75) is 65.3 Å². The molecule has 0 spiro atoms. The number of imidazole rings is 1. The number of para-hydroxylation sites is 2. The van der Waals surface area contributed by atoms with Gasteiger partial charge in [0, 0.05) is 18.7 Å². The molecule has 1 aliphatic rings. The molecule has 2 aromatic rings. The van der Waals surface area contributed by atoms with Crippen molar-refractivity contribution in [3.8, 4) is 0 Å². The van der Waals surface area contributed by atoms with Gasteiger partial charge in [-0.1, -0.05) is 12.1 Å². The third-order valence-electron chi connectivity index (χ3n) is 4.60. The number of benzene rings is 1. The van der Waals surface area contributed by atoms with Crippen LogP contribution in [0.5, 0.6) is 0 Å². The first-order valence-electron chi connectivity index (χ1n) is 8.87. The minimum atomic E-state index is -0.00301. The van der Waals surface area contributed by atoms with Crippen LogP contribution < -0.4 is 0 Å². The number of amides is 1. The molecule has 0 aliphatic carbocycles. The smallest absolute Gasteiger partial charge is 0.243 e. The lowest BCUT2D eigenvalue weighted by atomic mass is 10.2. The summed E-state index contributed by atoms with van der Waals surface area (Å²) in [5, 5.41) is 0. The van der Waals surface area contributed by atoms with Gasteiger partial charge in [0.2, 0.25) is 5.91 Å². The van der Waals surface area contributed by atoms with E-state index in [-0.39, 0.29) is 24.1 Å². The normalized spacial score (nSPS) is 18.0. The number of nitrogens with zero attached hydrogens (tertiary/aromatic N) is 3. The van der Waals surface area contributed by atoms with E-state index in [2.05, 4.69) is 27.7 Å². The van der Waals surface area contributed by atoms with Crippen molar-refractivity contribution in [1.29, 1.82) is 0 Å². The van der Waals surface area contributed by atoms with E-state index < -0.39 is 0 Å². The Hall–Kier alpha value is -1.88. The molecule has 0 bridgehead atoms. The van der Waals surface area contributed by atoms with Crippen molar-refractivity contribution in [3.63, 3.8) is 0 Å². The van der Waals surface area contributed by atoms with Gasteiger partial charge in [0.1, 0.15) is 18.5 Å². The summed E-state index contributed by atoms with van der Waals surface area (Å²) >= 11 is 0. The monoisotopic (exact) mass is 329 g/mol. The van der Waals surface area contributed by atoms with E-state index in [1.165, 1.54) is 0 Å².